The van der Waals surface area contributed by atoms with Gasteiger partial charge >= 0.3 is 0 Å². The molecule has 0 amide bonds. The van der Waals surface area contributed by atoms with Crippen LogP contribution in [0.5, 0.6) is 0 Å². The van der Waals surface area contributed by atoms with Gasteiger partial charge in [-0.25, -0.2) is 0 Å². The molecular formula is C17H21NO. The lowest BCUT2D eigenvalue weighted by atomic mass is 9.94. The van der Waals surface area contributed by atoms with Gasteiger partial charge in [-0.1, -0.05) is 18.2 Å². The van der Waals surface area contributed by atoms with Crippen LogP contribution in [0.1, 0.15) is 39.7 Å². The van der Waals surface area contributed by atoms with Crippen molar-refractivity contribution < 1.29 is 5.11 Å². The van der Waals surface area contributed by atoms with Gasteiger partial charge < -0.3 is 5.11 Å². The summed E-state index contributed by atoms with van der Waals surface area (Å²) in [7, 11) is 0. The number of rotatable bonds is 3. The fourth-order valence-corrected chi connectivity index (χ4v) is 2.54. The second-order valence-electron chi connectivity index (χ2n) is 5.27. The molecule has 0 spiro atoms. The molecular weight excluding hydrogens is 234 g/mol. The van der Waals surface area contributed by atoms with Crippen LogP contribution in [0.4, 0.5) is 0 Å². The van der Waals surface area contributed by atoms with Crippen molar-refractivity contribution in [3.63, 3.8) is 0 Å². The number of hydrogen-bond donors (Lipinski definition) is 1. The van der Waals surface area contributed by atoms with Crippen LogP contribution >= 0.6 is 0 Å². The summed E-state index contributed by atoms with van der Waals surface area (Å²) in [5.74, 6) is 0. The Morgan fingerprint density at radius 3 is 2.05 bits per heavy atom. The highest BCUT2D eigenvalue weighted by molar-refractivity contribution is 5.35. The SMILES string of the molecule is Cc1cc(C(O)Cc2c(C)cccc2C)cc(C)n1. The molecule has 0 radical (unpaired) electrons. The number of pyridine rings is 1. The highest BCUT2D eigenvalue weighted by Crippen LogP contribution is 2.23. The molecule has 0 aliphatic carbocycles. The van der Waals surface area contributed by atoms with E-state index < -0.39 is 6.10 Å². The molecule has 100 valence electrons. The van der Waals surface area contributed by atoms with E-state index >= 15 is 0 Å². The topological polar surface area (TPSA) is 33.1 Å². The number of aliphatic hydroxyl groups excluding tert-OH is 1. The van der Waals surface area contributed by atoms with Crippen LogP contribution in [-0.4, -0.2) is 10.1 Å². The lowest BCUT2D eigenvalue weighted by molar-refractivity contribution is 0.178. The molecule has 2 aromatic rings. The van der Waals surface area contributed by atoms with Gasteiger partial charge in [0.15, 0.2) is 0 Å². The molecule has 2 rings (SSSR count). The van der Waals surface area contributed by atoms with E-state index in [4.69, 9.17) is 0 Å². The first-order chi connectivity index (χ1) is 8.97. The van der Waals surface area contributed by atoms with Gasteiger partial charge in [-0.05, 0) is 62.1 Å². The molecule has 0 bridgehead atoms. The number of aryl methyl sites for hydroxylation is 4. The molecule has 0 fully saturated rings. The first-order valence-electron chi connectivity index (χ1n) is 6.65. The lowest BCUT2D eigenvalue weighted by Crippen LogP contribution is -2.06. The molecule has 1 heterocycles. The summed E-state index contributed by atoms with van der Waals surface area (Å²) in [6, 6.07) is 10.2. The summed E-state index contributed by atoms with van der Waals surface area (Å²) in [6.07, 6.45) is 0.182. The van der Waals surface area contributed by atoms with Crippen molar-refractivity contribution in [3.8, 4) is 0 Å². The van der Waals surface area contributed by atoms with Crippen LogP contribution in [0, 0.1) is 27.7 Å². The van der Waals surface area contributed by atoms with E-state index in [1.165, 1.54) is 16.7 Å². The van der Waals surface area contributed by atoms with Gasteiger partial charge in [0.1, 0.15) is 0 Å². The van der Waals surface area contributed by atoms with E-state index in [1.807, 2.05) is 26.0 Å². The minimum Gasteiger partial charge on any atom is -0.388 e. The predicted octanol–water partition coefficient (Wildman–Crippen LogP) is 3.59. The zero-order chi connectivity index (χ0) is 14.0. The largest absolute Gasteiger partial charge is 0.388 e. The molecule has 1 unspecified atom stereocenters. The maximum absolute atomic E-state index is 10.4. The smallest absolute Gasteiger partial charge is 0.0831 e. The summed E-state index contributed by atoms with van der Waals surface area (Å²) < 4.78 is 0. The first-order valence-corrected chi connectivity index (χ1v) is 6.65. The fourth-order valence-electron chi connectivity index (χ4n) is 2.54. The predicted molar refractivity (Wildman–Crippen MR) is 78.3 cm³/mol. The van der Waals surface area contributed by atoms with Crippen LogP contribution < -0.4 is 0 Å². The van der Waals surface area contributed by atoms with Gasteiger partial charge in [0.25, 0.3) is 0 Å². The fraction of sp³-hybridized carbons (Fsp3) is 0.353. The van der Waals surface area contributed by atoms with Gasteiger partial charge in [0.05, 0.1) is 6.10 Å². The van der Waals surface area contributed by atoms with Crippen LogP contribution in [0.2, 0.25) is 0 Å². The van der Waals surface area contributed by atoms with Crippen LogP contribution in [0.3, 0.4) is 0 Å². The third kappa shape index (κ3) is 3.21. The summed E-state index contributed by atoms with van der Waals surface area (Å²) in [6.45, 7) is 8.11. The second-order valence-corrected chi connectivity index (χ2v) is 5.27. The molecule has 1 atom stereocenters. The Balaban J connectivity index is 2.28. The van der Waals surface area contributed by atoms with Crippen molar-refractivity contribution in [2.75, 3.05) is 0 Å². The van der Waals surface area contributed by atoms with E-state index in [-0.39, 0.29) is 0 Å². The Kier molecular flexibility index (Phi) is 4.01. The van der Waals surface area contributed by atoms with Crippen molar-refractivity contribution in [3.05, 3.63) is 64.0 Å². The highest BCUT2D eigenvalue weighted by Gasteiger charge is 2.13. The van der Waals surface area contributed by atoms with E-state index in [2.05, 4.69) is 37.0 Å². The number of aliphatic hydroxyl groups is 1. The van der Waals surface area contributed by atoms with Crippen molar-refractivity contribution in [1.82, 2.24) is 4.98 Å². The van der Waals surface area contributed by atoms with Gasteiger partial charge in [-0.2, -0.15) is 0 Å². The molecule has 0 aliphatic heterocycles. The van der Waals surface area contributed by atoms with Gasteiger partial charge in [0, 0.05) is 17.8 Å². The molecule has 19 heavy (non-hydrogen) atoms. The summed E-state index contributed by atoms with van der Waals surface area (Å²) in [5.41, 5.74) is 6.57. The van der Waals surface area contributed by atoms with Gasteiger partial charge in [0.2, 0.25) is 0 Å². The van der Waals surface area contributed by atoms with Crippen LogP contribution in [0.15, 0.2) is 30.3 Å². The normalized spacial score (nSPS) is 12.5. The Morgan fingerprint density at radius 1 is 1.00 bits per heavy atom. The molecule has 2 heteroatoms. The molecule has 2 nitrogen and oxygen atoms in total. The van der Waals surface area contributed by atoms with Gasteiger partial charge in [-0.3, -0.25) is 4.98 Å². The first kappa shape index (κ1) is 13.8. The number of nitrogens with zero attached hydrogens (tertiary/aromatic N) is 1. The molecule has 1 aromatic carbocycles. The number of aromatic nitrogens is 1. The quantitative estimate of drug-likeness (QED) is 0.909. The van der Waals surface area contributed by atoms with E-state index in [1.54, 1.807) is 0 Å². The van der Waals surface area contributed by atoms with Crippen molar-refractivity contribution in [2.45, 2.75) is 40.2 Å². The zero-order valence-corrected chi connectivity index (χ0v) is 12.1. The minimum atomic E-state index is -0.472. The zero-order valence-electron chi connectivity index (χ0n) is 12.1. The third-order valence-corrected chi connectivity index (χ3v) is 3.53. The summed E-state index contributed by atoms with van der Waals surface area (Å²) in [4.78, 5) is 4.35. The number of benzene rings is 1. The standard InChI is InChI=1S/C17H21NO/c1-11-6-5-7-12(2)16(11)10-17(19)15-8-13(3)18-14(4)9-15/h5-9,17,19H,10H2,1-4H3. The van der Waals surface area contributed by atoms with Crippen LogP contribution in [-0.2, 0) is 6.42 Å². The Morgan fingerprint density at radius 2 is 1.53 bits per heavy atom. The van der Waals surface area contributed by atoms with Crippen molar-refractivity contribution in [1.29, 1.82) is 0 Å². The molecule has 0 aliphatic rings. The highest BCUT2D eigenvalue weighted by atomic mass is 16.3. The average molecular weight is 255 g/mol. The second kappa shape index (κ2) is 5.54. The molecule has 1 aromatic heterocycles. The lowest BCUT2D eigenvalue weighted by Gasteiger charge is -2.16. The summed E-state index contributed by atoms with van der Waals surface area (Å²) >= 11 is 0. The molecule has 0 saturated heterocycles. The minimum absolute atomic E-state index is 0.472. The third-order valence-electron chi connectivity index (χ3n) is 3.53. The Bertz CT molecular complexity index is 549. The van der Waals surface area contributed by atoms with E-state index in [9.17, 15) is 5.11 Å². The molecule has 1 N–H and O–H groups in total. The van der Waals surface area contributed by atoms with E-state index in [0.717, 1.165) is 17.0 Å². The number of hydrogen-bond acceptors (Lipinski definition) is 2. The monoisotopic (exact) mass is 255 g/mol. The van der Waals surface area contributed by atoms with Crippen LogP contribution in [0.25, 0.3) is 0 Å². The van der Waals surface area contributed by atoms with E-state index in [0.29, 0.717) is 6.42 Å². The maximum Gasteiger partial charge on any atom is 0.0831 e. The average Bonchev–Trinajstić information content (AvgIpc) is 2.32. The summed E-state index contributed by atoms with van der Waals surface area (Å²) in [5, 5.41) is 10.4. The van der Waals surface area contributed by atoms with Gasteiger partial charge in [-0.15, -0.1) is 0 Å². The molecule has 0 saturated carbocycles. The van der Waals surface area contributed by atoms with Crippen molar-refractivity contribution >= 4 is 0 Å². The maximum atomic E-state index is 10.4. The van der Waals surface area contributed by atoms with Crippen molar-refractivity contribution in [2.24, 2.45) is 0 Å². The Labute approximate surface area is 115 Å². The Hall–Kier alpha value is -1.67.